The van der Waals surface area contributed by atoms with Crippen LogP contribution in [-0.2, 0) is 11.3 Å². The minimum Gasteiger partial charge on any atom is -0.352 e. The molecule has 10 heteroatoms. The molecular weight excluding hydrogens is 396 g/mol. The van der Waals surface area contributed by atoms with Crippen LogP contribution in [0.15, 0.2) is 16.9 Å². The minimum atomic E-state index is -2.78. The van der Waals surface area contributed by atoms with E-state index in [1.165, 1.54) is 4.68 Å². The van der Waals surface area contributed by atoms with Crippen molar-refractivity contribution in [3.63, 3.8) is 0 Å². The maximum absolute atomic E-state index is 12.8. The van der Waals surface area contributed by atoms with Crippen molar-refractivity contribution in [2.24, 2.45) is 0 Å². The van der Waals surface area contributed by atoms with Gasteiger partial charge < -0.3 is 5.32 Å². The second-order valence-corrected chi connectivity index (χ2v) is 6.21. The van der Waals surface area contributed by atoms with Crippen molar-refractivity contribution in [2.45, 2.75) is 32.9 Å². The number of halogens is 4. The summed E-state index contributed by atoms with van der Waals surface area (Å²) in [6.07, 6.45) is 0.642. The van der Waals surface area contributed by atoms with Gasteiger partial charge in [-0.15, -0.1) is 0 Å². The SMILES string of the molecule is Cc1c(Cl)c(C(F)F)nn1[C@H](C)C(=O)NCCn1cc(Br)cn1. The first-order valence-electron chi connectivity index (χ1n) is 6.79. The molecule has 0 saturated carbocycles. The molecule has 0 radical (unpaired) electrons. The Morgan fingerprint density at radius 2 is 2.22 bits per heavy atom. The number of alkyl halides is 2. The Labute approximate surface area is 144 Å². The lowest BCUT2D eigenvalue weighted by Gasteiger charge is -2.14. The fourth-order valence-corrected chi connectivity index (χ4v) is 2.59. The first-order valence-corrected chi connectivity index (χ1v) is 7.96. The lowest BCUT2D eigenvalue weighted by atomic mass is 10.3. The zero-order valence-electron chi connectivity index (χ0n) is 12.4. The number of aromatic nitrogens is 4. The molecule has 2 aromatic rings. The Hall–Kier alpha value is -1.48. The van der Waals surface area contributed by atoms with E-state index in [9.17, 15) is 13.6 Å². The Morgan fingerprint density at radius 3 is 2.74 bits per heavy atom. The second-order valence-electron chi connectivity index (χ2n) is 4.92. The van der Waals surface area contributed by atoms with Crippen LogP contribution in [0.4, 0.5) is 8.78 Å². The van der Waals surface area contributed by atoms with Gasteiger partial charge in [0.1, 0.15) is 11.7 Å². The fourth-order valence-electron chi connectivity index (χ4n) is 2.05. The Kier molecular flexibility index (Phi) is 5.74. The predicted molar refractivity (Wildman–Crippen MR) is 84.6 cm³/mol. The van der Waals surface area contributed by atoms with Gasteiger partial charge in [0, 0.05) is 12.7 Å². The topological polar surface area (TPSA) is 64.7 Å². The third-order valence-corrected chi connectivity index (χ3v) is 4.17. The average molecular weight is 411 g/mol. The second kappa shape index (κ2) is 7.39. The van der Waals surface area contributed by atoms with Crippen molar-refractivity contribution >= 4 is 33.4 Å². The number of amides is 1. The van der Waals surface area contributed by atoms with E-state index in [4.69, 9.17) is 11.6 Å². The molecule has 0 aromatic carbocycles. The molecule has 0 fully saturated rings. The van der Waals surface area contributed by atoms with Gasteiger partial charge in [-0.25, -0.2) is 8.78 Å². The van der Waals surface area contributed by atoms with Crippen LogP contribution in [0, 0.1) is 6.92 Å². The third-order valence-electron chi connectivity index (χ3n) is 3.30. The molecular formula is C13H15BrClF2N5O. The molecule has 1 N–H and O–H groups in total. The van der Waals surface area contributed by atoms with Gasteiger partial charge in [-0.1, -0.05) is 11.6 Å². The number of hydrogen-bond acceptors (Lipinski definition) is 3. The van der Waals surface area contributed by atoms with Gasteiger partial charge >= 0.3 is 0 Å². The van der Waals surface area contributed by atoms with E-state index in [-0.39, 0.29) is 10.9 Å². The Balaban J connectivity index is 1.98. The van der Waals surface area contributed by atoms with Crippen molar-refractivity contribution in [1.82, 2.24) is 24.9 Å². The highest BCUT2D eigenvalue weighted by molar-refractivity contribution is 9.10. The highest BCUT2D eigenvalue weighted by atomic mass is 79.9. The molecule has 2 heterocycles. The Morgan fingerprint density at radius 1 is 1.52 bits per heavy atom. The first kappa shape index (κ1) is 17.9. The van der Waals surface area contributed by atoms with Gasteiger partial charge in [0.25, 0.3) is 6.43 Å². The average Bonchev–Trinajstić information content (AvgIpc) is 3.03. The summed E-state index contributed by atoms with van der Waals surface area (Å²) in [5.41, 5.74) is -0.175. The van der Waals surface area contributed by atoms with Crippen LogP contribution in [-0.4, -0.2) is 32.0 Å². The molecule has 0 saturated heterocycles. The van der Waals surface area contributed by atoms with Crippen molar-refractivity contribution in [2.75, 3.05) is 6.54 Å². The maximum Gasteiger partial charge on any atom is 0.283 e. The summed E-state index contributed by atoms with van der Waals surface area (Å²) in [4.78, 5) is 12.1. The number of hydrogen-bond donors (Lipinski definition) is 1. The smallest absolute Gasteiger partial charge is 0.283 e. The van der Waals surface area contributed by atoms with Crippen molar-refractivity contribution in [3.05, 3.63) is 33.3 Å². The number of rotatable bonds is 6. The van der Waals surface area contributed by atoms with Crippen LogP contribution in [0.1, 0.15) is 30.8 Å². The van der Waals surface area contributed by atoms with E-state index in [2.05, 4.69) is 31.4 Å². The fraction of sp³-hybridized carbons (Fsp3) is 0.462. The highest BCUT2D eigenvalue weighted by Crippen LogP contribution is 2.30. The summed E-state index contributed by atoms with van der Waals surface area (Å²) < 4.78 is 29.3. The van der Waals surface area contributed by atoms with Gasteiger partial charge in [-0.2, -0.15) is 10.2 Å². The van der Waals surface area contributed by atoms with Crippen molar-refractivity contribution in [3.8, 4) is 0 Å². The summed E-state index contributed by atoms with van der Waals surface area (Å²) in [7, 11) is 0. The van der Waals surface area contributed by atoms with Crippen LogP contribution in [0.25, 0.3) is 0 Å². The van der Waals surface area contributed by atoms with E-state index in [0.29, 0.717) is 18.8 Å². The molecule has 1 amide bonds. The van der Waals surface area contributed by atoms with E-state index in [1.807, 2.05) is 0 Å². The van der Waals surface area contributed by atoms with E-state index in [0.717, 1.165) is 4.47 Å². The monoisotopic (exact) mass is 409 g/mol. The molecule has 23 heavy (non-hydrogen) atoms. The molecule has 0 aliphatic heterocycles. The van der Waals surface area contributed by atoms with Gasteiger partial charge in [-0.3, -0.25) is 14.2 Å². The lowest BCUT2D eigenvalue weighted by Crippen LogP contribution is -2.34. The standard InChI is InChI=1S/C13H15BrClF2N5O/c1-7-10(15)11(12(16)17)20-22(7)8(2)13(23)18-3-4-21-6-9(14)5-19-21/h5-6,8,12H,3-4H2,1-2H3,(H,18,23)/t8-/m1/s1. The van der Waals surface area contributed by atoms with Crippen molar-refractivity contribution in [1.29, 1.82) is 0 Å². The summed E-state index contributed by atoms with van der Waals surface area (Å²) in [5, 5.41) is 10.4. The van der Waals surface area contributed by atoms with Gasteiger partial charge in [0.05, 0.1) is 27.9 Å². The molecule has 2 aromatic heterocycles. The zero-order valence-corrected chi connectivity index (χ0v) is 14.8. The van der Waals surface area contributed by atoms with Crippen molar-refractivity contribution < 1.29 is 13.6 Å². The first-order chi connectivity index (χ1) is 10.8. The summed E-state index contributed by atoms with van der Waals surface area (Å²) in [6.45, 7) is 3.97. The summed E-state index contributed by atoms with van der Waals surface area (Å²) in [6, 6.07) is -0.746. The summed E-state index contributed by atoms with van der Waals surface area (Å²) in [5.74, 6) is -0.334. The van der Waals surface area contributed by atoms with Gasteiger partial charge in [-0.05, 0) is 29.8 Å². The Bertz CT molecular complexity index is 703. The number of carbonyl (C=O) groups is 1. The minimum absolute atomic E-state index is 0.110. The molecule has 6 nitrogen and oxygen atoms in total. The molecule has 2 rings (SSSR count). The maximum atomic E-state index is 12.8. The van der Waals surface area contributed by atoms with E-state index < -0.39 is 18.2 Å². The number of carbonyl (C=O) groups excluding carboxylic acids is 1. The summed E-state index contributed by atoms with van der Waals surface area (Å²) >= 11 is 9.11. The zero-order chi connectivity index (χ0) is 17.1. The van der Waals surface area contributed by atoms with Crippen LogP contribution >= 0.6 is 27.5 Å². The van der Waals surface area contributed by atoms with Gasteiger partial charge in [0.15, 0.2) is 0 Å². The predicted octanol–water partition coefficient (Wildman–Crippen LogP) is 3.12. The van der Waals surface area contributed by atoms with Crippen LogP contribution in [0.3, 0.4) is 0 Å². The molecule has 0 aliphatic carbocycles. The highest BCUT2D eigenvalue weighted by Gasteiger charge is 2.25. The normalized spacial score (nSPS) is 12.7. The van der Waals surface area contributed by atoms with Crippen LogP contribution < -0.4 is 5.32 Å². The van der Waals surface area contributed by atoms with E-state index >= 15 is 0 Å². The molecule has 0 aliphatic rings. The molecule has 126 valence electrons. The molecule has 1 atom stereocenters. The van der Waals surface area contributed by atoms with Crippen LogP contribution in [0.5, 0.6) is 0 Å². The lowest BCUT2D eigenvalue weighted by molar-refractivity contribution is -0.124. The van der Waals surface area contributed by atoms with Crippen LogP contribution in [0.2, 0.25) is 5.02 Å². The molecule has 0 spiro atoms. The number of nitrogens with zero attached hydrogens (tertiary/aromatic N) is 4. The largest absolute Gasteiger partial charge is 0.352 e. The van der Waals surface area contributed by atoms with Gasteiger partial charge in [0.2, 0.25) is 5.91 Å². The molecule has 0 bridgehead atoms. The third kappa shape index (κ3) is 4.08. The molecule has 0 unspecified atom stereocenters. The quantitative estimate of drug-likeness (QED) is 0.796. The number of nitrogens with one attached hydrogen (secondary N) is 1. The van der Waals surface area contributed by atoms with E-state index in [1.54, 1.807) is 30.9 Å².